The van der Waals surface area contributed by atoms with Gasteiger partial charge < -0.3 is 15.0 Å². The first-order valence-electron chi connectivity index (χ1n) is 7.13. The zero-order valence-corrected chi connectivity index (χ0v) is 12.9. The SMILES string of the molecule is CCNC(CN(C)CC(C)C)c1ccccc1OC. The predicted molar refractivity (Wildman–Crippen MR) is 81.7 cm³/mol. The van der Waals surface area contributed by atoms with Crippen molar-refractivity contribution < 1.29 is 4.74 Å². The van der Waals surface area contributed by atoms with E-state index in [9.17, 15) is 0 Å². The van der Waals surface area contributed by atoms with E-state index in [1.165, 1.54) is 5.56 Å². The Morgan fingerprint density at radius 2 is 1.89 bits per heavy atom. The van der Waals surface area contributed by atoms with E-state index in [0.717, 1.165) is 25.4 Å². The lowest BCUT2D eigenvalue weighted by Gasteiger charge is -2.27. The van der Waals surface area contributed by atoms with E-state index in [1.54, 1.807) is 7.11 Å². The summed E-state index contributed by atoms with van der Waals surface area (Å²) < 4.78 is 5.48. The van der Waals surface area contributed by atoms with Gasteiger partial charge in [0.25, 0.3) is 0 Å². The van der Waals surface area contributed by atoms with E-state index in [-0.39, 0.29) is 0 Å². The summed E-state index contributed by atoms with van der Waals surface area (Å²) in [5.74, 6) is 1.65. The molecule has 0 spiro atoms. The van der Waals surface area contributed by atoms with Crippen LogP contribution in [0.4, 0.5) is 0 Å². The molecule has 0 aliphatic rings. The van der Waals surface area contributed by atoms with Crippen molar-refractivity contribution in [3.8, 4) is 5.75 Å². The lowest BCUT2D eigenvalue weighted by atomic mass is 10.0. The minimum absolute atomic E-state index is 0.310. The molecule has 19 heavy (non-hydrogen) atoms. The third-order valence-corrected chi connectivity index (χ3v) is 3.14. The van der Waals surface area contributed by atoms with Crippen molar-refractivity contribution in [1.82, 2.24) is 10.2 Å². The molecule has 108 valence electrons. The highest BCUT2D eigenvalue weighted by Gasteiger charge is 2.17. The van der Waals surface area contributed by atoms with Gasteiger partial charge in [-0.15, -0.1) is 0 Å². The van der Waals surface area contributed by atoms with Gasteiger partial charge in [-0.1, -0.05) is 39.0 Å². The second-order valence-electron chi connectivity index (χ2n) is 5.47. The Bertz CT molecular complexity index is 366. The van der Waals surface area contributed by atoms with Gasteiger partial charge >= 0.3 is 0 Å². The van der Waals surface area contributed by atoms with E-state index >= 15 is 0 Å². The van der Waals surface area contributed by atoms with Crippen molar-refractivity contribution in [1.29, 1.82) is 0 Å². The second kappa shape index (κ2) is 8.18. The maximum Gasteiger partial charge on any atom is 0.123 e. The molecule has 1 unspecified atom stereocenters. The molecule has 0 aromatic heterocycles. The van der Waals surface area contributed by atoms with E-state index in [2.05, 4.69) is 50.2 Å². The van der Waals surface area contributed by atoms with Crippen LogP contribution in [0.25, 0.3) is 0 Å². The summed E-state index contributed by atoms with van der Waals surface area (Å²) in [5, 5.41) is 3.56. The molecule has 0 aliphatic carbocycles. The summed E-state index contributed by atoms with van der Waals surface area (Å²) in [6.07, 6.45) is 0. The van der Waals surface area contributed by atoms with Gasteiger partial charge in [-0.05, 0) is 25.6 Å². The quantitative estimate of drug-likeness (QED) is 0.781. The number of rotatable bonds is 8. The summed E-state index contributed by atoms with van der Waals surface area (Å²) in [6.45, 7) is 9.70. The van der Waals surface area contributed by atoms with Crippen LogP contribution < -0.4 is 10.1 Å². The van der Waals surface area contributed by atoms with Crippen LogP contribution in [0.3, 0.4) is 0 Å². The molecule has 0 heterocycles. The number of nitrogens with one attached hydrogen (secondary N) is 1. The topological polar surface area (TPSA) is 24.5 Å². The maximum absolute atomic E-state index is 5.48. The predicted octanol–water partition coefficient (Wildman–Crippen LogP) is 2.93. The van der Waals surface area contributed by atoms with E-state index < -0.39 is 0 Å². The number of hydrogen-bond donors (Lipinski definition) is 1. The standard InChI is InChI=1S/C16H28N2O/c1-6-17-15(12-18(4)11-13(2)3)14-9-7-8-10-16(14)19-5/h7-10,13,15,17H,6,11-12H2,1-5H3. The fourth-order valence-corrected chi connectivity index (χ4v) is 2.48. The third-order valence-electron chi connectivity index (χ3n) is 3.14. The Kier molecular flexibility index (Phi) is 6.89. The number of nitrogens with zero attached hydrogens (tertiary/aromatic N) is 1. The monoisotopic (exact) mass is 264 g/mol. The number of likely N-dealkylation sites (N-methyl/N-ethyl adjacent to an activating group) is 2. The Morgan fingerprint density at radius 3 is 2.47 bits per heavy atom. The summed E-state index contributed by atoms with van der Waals surface area (Å²) in [5.41, 5.74) is 1.24. The number of ether oxygens (including phenoxy) is 1. The van der Waals surface area contributed by atoms with Crippen molar-refractivity contribution in [2.45, 2.75) is 26.8 Å². The van der Waals surface area contributed by atoms with Crippen LogP contribution in [0.15, 0.2) is 24.3 Å². The van der Waals surface area contributed by atoms with Crippen molar-refractivity contribution in [3.05, 3.63) is 29.8 Å². The van der Waals surface area contributed by atoms with Crippen LogP contribution in [0.5, 0.6) is 5.75 Å². The van der Waals surface area contributed by atoms with E-state index in [0.29, 0.717) is 12.0 Å². The zero-order valence-electron chi connectivity index (χ0n) is 12.9. The third kappa shape index (κ3) is 5.21. The Hall–Kier alpha value is -1.06. The highest BCUT2D eigenvalue weighted by Crippen LogP contribution is 2.25. The molecular weight excluding hydrogens is 236 g/mol. The Balaban J connectivity index is 2.81. The van der Waals surface area contributed by atoms with Crippen LogP contribution in [0.2, 0.25) is 0 Å². The number of methoxy groups -OCH3 is 1. The first-order valence-corrected chi connectivity index (χ1v) is 7.13. The van der Waals surface area contributed by atoms with Gasteiger partial charge in [-0.2, -0.15) is 0 Å². The molecule has 3 nitrogen and oxygen atoms in total. The van der Waals surface area contributed by atoms with Crippen LogP contribution in [0.1, 0.15) is 32.4 Å². The van der Waals surface area contributed by atoms with Crippen LogP contribution in [-0.2, 0) is 0 Å². The largest absolute Gasteiger partial charge is 0.496 e. The van der Waals surface area contributed by atoms with E-state index in [4.69, 9.17) is 4.74 Å². The molecule has 1 N–H and O–H groups in total. The summed E-state index contributed by atoms with van der Waals surface area (Å²) >= 11 is 0. The minimum Gasteiger partial charge on any atom is -0.496 e. The van der Waals surface area contributed by atoms with Crippen LogP contribution >= 0.6 is 0 Å². The maximum atomic E-state index is 5.48. The molecule has 0 fully saturated rings. The highest BCUT2D eigenvalue weighted by atomic mass is 16.5. The molecule has 1 aromatic carbocycles. The fraction of sp³-hybridized carbons (Fsp3) is 0.625. The molecule has 3 heteroatoms. The Morgan fingerprint density at radius 1 is 1.21 bits per heavy atom. The van der Waals surface area contributed by atoms with Gasteiger partial charge in [-0.25, -0.2) is 0 Å². The molecule has 0 bridgehead atoms. The second-order valence-corrected chi connectivity index (χ2v) is 5.47. The van der Waals surface area contributed by atoms with Crippen molar-refractivity contribution in [3.63, 3.8) is 0 Å². The average molecular weight is 264 g/mol. The first-order chi connectivity index (χ1) is 9.08. The average Bonchev–Trinajstić information content (AvgIpc) is 2.37. The molecule has 0 saturated carbocycles. The van der Waals surface area contributed by atoms with Gasteiger partial charge in [-0.3, -0.25) is 0 Å². The molecule has 1 aromatic rings. The van der Waals surface area contributed by atoms with Gasteiger partial charge in [0.05, 0.1) is 7.11 Å². The smallest absolute Gasteiger partial charge is 0.123 e. The molecule has 1 rings (SSSR count). The minimum atomic E-state index is 0.310. The van der Waals surface area contributed by atoms with Crippen molar-refractivity contribution >= 4 is 0 Å². The number of para-hydroxylation sites is 1. The first kappa shape index (κ1) is 16.0. The van der Waals surface area contributed by atoms with Gasteiger partial charge in [0.2, 0.25) is 0 Å². The fourth-order valence-electron chi connectivity index (χ4n) is 2.48. The molecule has 1 atom stereocenters. The highest BCUT2D eigenvalue weighted by molar-refractivity contribution is 5.36. The summed E-state index contributed by atoms with van der Waals surface area (Å²) in [4.78, 5) is 2.38. The zero-order chi connectivity index (χ0) is 14.3. The van der Waals surface area contributed by atoms with Crippen LogP contribution in [-0.4, -0.2) is 38.7 Å². The molecule has 0 radical (unpaired) electrons. The van der Waals surface area contributed by atoms with Crippen molar-refractivity contribution in [2.75, 3.05) is 33.8 Å². The normalized spacial score (nSPS) is 13.0. The number of benzene rings is 1. The van der Waals surface area contributed by atoms with Gasteiger partial charge in [0, 0.05) is 24.7 Å². The van der Waals surface area contributed by atoms with Crippen LogP contribution in [0, 0.1) is 5.92 Å². The van der Waals surface area contributed by atoms with Gasteiger partial charge in [0.1, 0.15) is 5.75 Å². The molecule has 0 saturated heterocycles. The number of hydrogen-bond acceptors (Lipinski definition) is 3. The Labute approximate surface area is 118 Å². The summed E-state index contributed by atoms with van der Waals surface area (Å²) in [7, 11) is 3.92. The van der Waals surface area contributed by atoms with Gasteiger partial charge in [0.15, 0.2) is 0 Å². The molecular formula is C16H28N2O. The van der Waals surface area contributed by atoms with E-state index in [1.807, 2.05) is 12.1 Å². The molecule has 0 amide bonds. The lowest BCUT2D eigenvalue weighted by Crippen LogP contribution is -2.35. The summed E-state index contributed by atoms with van der Waals surface area (Å²) in [6, 6.07) is 8.58. The lowest BCUT2D eigenvalue weighted by molar-refractivity contribution is 0.260. The molecule has 0 aliphatic heterocycles. The van der Waals surface area contributed by atoms with Crippen molar-refractivity contribution in [2.24, 2.45) is 5.92 Å².